The fourth-order valence-electron chi connectivity index (χ4n) is 3.11. The van der Waals surface area contributed by atoms with E-state index in [9.17, 15) is 0 Å². The smallest absolute Gasteiger partial charge is 0.0651 e. The maximum atomic E-state index is 5.59. The Hall–Kier alpha value is -0.120. The molecule has 1 atom stereocenters. The first-order valence-corrected chi connectivity index (χ1v) is 5.93. The molecule has 80 valence electrons. The SMILES string of the molecule is C1CN(CC2CNC2)C2(C1)CCOC2. The van der Waals surface area contributed by atoms with E-state index < -0.39 is 0 Å². The lowest BCUT2D eigenvalue weighted by atomic mass is 9.93. The third-order valence-corrected chi connectivity index (χ3v) is 4.17. The van der Waals surface area contributed by atoms with Crippen LogP contribution in [0.4, 0.5) is 0 Å². The minimum absolute atomic E-state index is 0.454. The van der Waals surface area contributed by atoms with E-state index in [0.717, 1.165) is 19.1 Å². The molecule has 0 aromatic heterocycles. The molecule has 3 heteroatoms. The van der Waals surface area contributed by atoms with Crippen molar-refractivity contribution in [2.45, 2.75) is 24.8 Å². The number of hydrogen-bond donors (Lipinski definition) is 1. The molecule has 0 aliphatic carbocycles. The van der Waals surface area contributed by atoms with Gasteiger partial charge in [-0.2, -0.15) is 0 Å². The zero-order valence-electron chi connectivity index (χ0n) is 8.80. The lowest BCUT2D eigenvalue weighted by molar-refractivity contribution is 0.0791. The summed E-state index contributed by atoms with van der Waals surface area (Å²) in [5, 5.41) is 3.36. The van der Waals surface area contributed by atoms with E-state index in [2.05, 4.69) is 10.2 Å². The average molecular weight is 196 g/mol. The van der Waals surface area contributed by atoms with Gasteiger partial charge in [-0.3, -0.25) is 4.90 Å². The van der Waals surface area contributed by atoms with Crippen molar-refractivity contribution < 1.29 is 4.74 Å². The fraction of sp³-hybridized carbons (Fsp3) is 1.00. The zero-order chi connectivity index (χ0) is 9.43. The highest BCUT2D eigenvalue weighted by atomic mass is 16.5. The van der Waals surface area contributed by atoms with Crippen LogP contribution in [0.15, 0.2) is 0 Å². The average Bonchev–Trinajstić information content (AvgIpc) is 2.71. The van der Waals surface area contributed by atoms with Gasteiger partial charge in [0.1, 0.15) is 0 Å². The molecule has 3 heterocycles. The van der Waals surface area contributed by atoms with Crippen LogP contribution in [0, 0.1) is 5.92 Å². The van der Waals surface area contributed by atoms with E-state index in [0.29, 0.717) is 5.54 Å². The van der Waals surface area contributed by atoms with Crippen molar-refractivity contribution in [2.24, 2.45) is 5.92 Å². The summed E-state index contributed by atoms with van der Waals surface area (Å²) in [6.07, 6.45) is 4.02. The van der Waals surface area contributed by atoms with Crippen LogP contribution in [0.3, 0.4) is 0 Å². The van der Waals surface area contributed by atoms with Crippen LogP contribution >= 0.6 is 0 Å². The molecule has 1 unspecified atom stereocenters. The lowest BCUT2D eigenvalue weighted by Gasteiger charge is -2.39. The minimum Gasteiger partial charge on any atom is -0.379 e. The van der Waals surface area contributed by atoms with Gasteiger partial charge in [-0.25, -0.2) is 0 Å². The Balaban J connectivity index is 1.64. The largest absolute Gasteiger partial charge is 0.379 e. The summed E-state index contributed by atoms with van der Waals surface area (Å²) in [6, 6.07) is 0. The summed E-state index contributed by atoms with van der Waals surface area (Å²) in [4.78, 5) is 2.71. The minimum atomic E-state index is 0.454. The molecule has 14 heavy (non-hydrogen) atoms. The molecule has 0 bridgehead atoms. The second kappa shape index (κ2) is 3.47. The number of ether oxygens (including phenoxy) is 1. The molecule has 1 spiro atoms. The molecule has 0 amide bonds. The summed E-state index contributed by atoms with van der Waals surface area (Å²) in [7, 11) is 0. The van der Waals surface area contributed by atoms with Crippen LogP contribution in [-0.2, 0) is 4.74 Å². The van der Waals surface area contributed by atoms with Crippen LogP contribution in [0.25, 0.3) is 0 Å². The van der Waals surface area contributed by atoms with Crippen LogP contribution in [0.5, 0.6) is 0 Å². The van der Waals surface area contributed by atoms with Crippen molar-refractivity contribution in [3.05, 3.63) is 0 Å². The molecule has 0 aromatic carbocycles. The van der Waals surface area contributed by atoms with Crippen molar-refractivity contribution in [1.82, 2.24) is 10.2 Å². The molecule has 3 aliphatic heterocycles. The standard InChI is InChI=1S/C11H20N2O/c1-2-11(3-5-14-9-11)13(4-1)8-10-6-12-7-10/h10,12H,1-9H2. The summed E-state index contributed by atoms with van der Waals surface area (Å²) in [6.45, 7) is 7.05. The van der Waals surface area contributed by atoms with Gasteiger partial charge in [0, 0.05) is 31.8 Å². The molecule has 3 fully saturated rings. The van der Waals surface area contributed by atoms with Crippen molar-refractivity contribution in [3.8, 4) is 0 Å². The molecule has 3 nitrogen and oxygen atoms in total. The van der Waals surface area contributed by atoms with E-state index in [1.165, 1.54) is 45.4 Å². The number of nitrogens with one attached hydrogen (secondary N) is 1. The molecule has 3 saturated heterocycles. The monoisotopic (exact) mass is 196 g/mol. The van der Waals surface area contributed by atoms with E-state index in [-0.39, 0.29) is 0 Å². The number of rotatable bonds is 2. The predicted octanol–water partition coefficient (Wildman–Crippen LogP) is 0.461. The van der Waals surface area contributed by atoms with Gasteiger partial charge in [-0.05, 0) is 31.7 Å². The number of hydrogen-bond acceptors (Lipinski definition) is 3. The predicted molar refractivity (Wildman–Crippen MR) is 55.3 cm³/mol. The van der Waals surface area contributed by atoms with Gasteiger partial charge in [0.25, 0.3) is 0 Å². The Morgan fingerprint density at radius 3 is 2.93 bits per heavy atom. The Morgan fingerprint density at radius 2 is 2.29 bits per heavy atom. The Bertz CT molecular complexity index is 204. The van der Waals surface area contributed by atoms with Gasteiger partial charge in [0.05, 0.1) is 6.61 Å². The summed E-state index contributed by atoms with van der Waals surface area (Å²) < 4.78 is 5.59. The third kappa shape index (κ3) is 1.38. The topological polar surface area (TPSA) is 24.5 Å². The van der Waals surface area contributed by atoms with E-state index in [1.54, 1.807) is 0 Å². The number of likely N-dealkylation sites (tertiary alicyclic amines) is 1. The molecular formula is C11H20N2O. The van der Waals surface area contributed by atoms with Crippen LogP contribution in [0.2, 0.25) is 0 Å². The van der Waals surface area contributed by atoms with E-state index >= 15 is 0 Å². The molecule has 1 N–H and O–H groups in total. The quantitative estimate of drug-likeness (QED) is 0.694. The van der Waals surface area contributed by atoms with E-state index in [1.807, 2.05) is 0 Å². The van der Waals surface area contributed by atoms with Crippen molar-refractivity contribution in [3.63, 3.8) is 0 Å². The molecule has 3 aliphatic rings. The zero-order valence-corrected chi connectivity index (χ0v) is 8.80. The van der Waals surface area contributed by atoms with Gasteiger partial charge in [0.2, 0.25) is 0 Å². The summed E-state index contributed by atoms with van der Waals surface area (Å²) in [5.41, 5.74) is 0.454. The maximum Gasteiger partial charge on any atom is 0.0651 e. The van der Waals surface area contributed by atoms with Gasteiger partial charge >= 0.3 is 0 Å². The second-order valence-corrected chi connectivity index (χ2v) is 5.10. The highest BCUT2D eigenvalue weighted by Crippen LogP contribution is 2.36. The highest BCUT2D eigenvalue weighted by molar-refractivity contribution is 4.99. The van der Waals surface area contributed by atoms with Gasteiger partial charge < -0.3 is 10.1 Å². The first-order valence-electron chi connectivity index (χ1n) is 5.93. The number of nitrogens with zero attached hydrogens (tertiary/aromatic N) is 1. The van der Waals surface area contributed by atoms with Crippen LogP contribution in [-0.4, -0.2) is 49.8 Å². The molecular weight excluding hydrogens is 176 g/mol. The molecule has 3 rings (SSSR count). The fourth-order valence-corrected chi connectivity index (χ4v) is 3.11. The van der Waals surface area contributed by atoms with Gasteiger partial charge in [-0.1, -0.05) is 0 Å². The summed E-state index contributed by atoms with van der Waals surface area (Å²) in [5.74, 6) is 0.908. The van der Waals surface area contributed by atoms with Crippen molar-refractivity contribution in [2.75, 3.05) is 39.4 Å². The second-order valence-electron chi connectivity index (χ2n) is 5.10. The Kier molecular flexibility index (Phi) is 2.26. The first kappa shape index (κ1) is 9.13. The summed E-state index contributed by atoms with van der Waals surface area (Å²) >= 11 is 0. The lowest BCUT2D eigenvalue weighted by Crippen LogP contribution is -2.53. The van der Waals surface area contributed by atoms with Crippen molar-refractivity contribution >= 4 is 0 Å². The normalized spacial score (nSPS) is 39.4. The maximum absolute atomic E-state index is 5.59. The van der Waals surface area contributed by atoms with Gasteiger partial charge in [-0.15, -0.1) is 0 Å². The van der Waals surface area contributed by atoms with E-state index in [4.69, 9.17) is 4.74 Å². The van der Waals surface area contributed by atoms with Crippen molar-refractivity contribution in [1.29, 1.82) is 0 Å². The molecule has 0 aromatic rings. The van der Waals surface area contributed by atoms with Crippen LogP contribution < -0.4 is 5.32 Å². The van der Waals surface area contributed by atoms with Crippen LogP contribution in [0.1, 0.15) is 19.3 Å². The highest BCUT2D eigenvalue weighted by Gasteiger charge is 2.44. The third-order valence-electron chi connectivity index (χ3n) is 4.17. The first-order chi connectivity index (χ1) is 6.89. The molecule has 0 radical (unpaired) electrons. The Labute approximate surface area is 85.8 Å². The molecule has 0 saturated carbocycles. The Morgan fingerprint density at radius 1 is 1.36 bits per heavy atom. The van der Waals surface area contributed by atoms with Gasteiger partial charge in [0.15, 0.2) is 0 Å².